The lowest BCUT2D eigenvalue weighted by Crippen LogP contribution is -2.07. The number of halogens is 1. The number of hydrogen-bond donors (Lipinski definition) is 1. The largest absolute Gasteiger partial charge is 0.320 e. The molecule has 0 aliphatic carbocycles. The van der Waals surface area contributed by atoms with Gasteiger partial charge in [-0.1, -0.05) is 18.2 Å². The Hall–Kier alpha value is -1.72. The summed E-state index contributed by atoms with van der Waals surface area (Å²) in [5, 5.41) is 2.57. The van der Waals surface area contributed by atoms with Crippen molar-refractivity contribution in [2.75, 3.05) is 5.32 Å². The molecule has 0 aliphatic heterocycles. The van der Waals surface area contributed by atoms with Crippen LogP contribution in [0.25, 0.3) is 10.7 Å². The molecule has 2 rings (SSSR count). The van der Waals surface area contributed by atoms with Crippen LogP contribution >= 0.6 is 22.9 Å². The van der Waals surface area contributed by atoms with Gasteiger partial charge in [-0.25, -0.2) is 9.97 Å². The number of amides is 1. The molecule has 0 fully saturated rings. The Kier molecular flexibility index (Phi) is 3.51. The summed E-state index contributed by atoms with van der Waals surface area (Å²) < 4.78 is 0.688. The van der Waals surface area contributed by atoms with Crippen LogP contribution in [0.1, 0.15) is 0 Å². The highest BCUT2D eigenvalue weighted by atomic mass is 35.5. The third kappa shape index (κ3) is 2.89. The first-order valence-corrected chi connectivity index (χ1v) is 5.89. The SMILES string of the molecule is C=CC(=O)Nc1cnc(-c2ccc(Cl)s2)nc1. The minimum atomic E-state index is -0.291. The molecule has 1 N–H and O–H groups in total. The summed E-state index contributed by atoms with van der Waals surface area (Å²) in [4.78, 5) is 20.2. The average molecular weight is 266 g/mol. The lowest BCUT2D eigenvalue weighted by Gasteiger charge is -2.01. The molecule has 0 spiro atoms. The summed E-state index contributed by atoms with van der Waals surface area (Å²) in [6, 6.07) is 3.64. The van der Waals surface area contributed by atoms with Crippen molar-refractivity contribution < 1.29 is 4.79 Å². The zero-order valence-electron chi connectivity index (χ0n) is 8.68. The number of aromatic nitrogens is 2. The lowest BCUT2D eigenvalue weighted by molar-refractivity contribution is -0.111. The van der Waals surface area contributed by atoms with E-state index in [0.29, 0.717) is 15.8 Å². The van der Waals surface area contributed by atoms with Gasteiger partial charge in [-0.3, -0.25) is 4.79 Å². The van der Waals surface area contributed by atoms with Crippen LogP contribution < -0.4 is 5.32 Å². The predicted octanol–water partition coefficient (Wildman–Crippen LogP) is 2.98. The minimum absolute atomic E-state index is 0.291. The fourth-order valence-electron chi connectivity index (χ4n) is 1.15. The van der Waals surface area contributed by atoms with E-state index in [4.69, 9.17) is 11.6 Å². The Morgan fingerprint density at radius 2 is 2.12 bits per heavy atom. The number of hydrogen-bond acceptors (Lipinski definition) is 4. The smallest absolute Gasteiger partial charge is 0.247 e. The number of carbonyl (C=O) groups excluding carboxylic acids is 1. The molecular weight excluding hydrogens is 258 g/mol. The van der Waals surface area contributed by atoms with Crippen LogP contribution in [-0.4, -0.2) is 15.9 Å². The van der Waals surface area contributed by atoms with Gasteiger partial charge in [0.25, 0.3) is 0 Å². The number of nitrogens with one attached hydrogen (secondary N) is 1. The third-order valence-electron chi connectivity index (χ3n) is 1.90. The highest BCUT2D eigenvalue weighted by Crippen LogP contribution is 2.28. The Bertz CT molecular complexity index is 550. The van der Waals surface area contributed by atoms with Crippen molar-refractivity contribution in [2.45, 2.75) is 0 Å². The van der Waals surface area contributed by atoms with Crippen LogP contribution in [0, 0.1) is 0 Å². The first kappa shape index (κ1) is 11.8. The Balaban J connectivity index is 2.18. The molecule has 86 valence electrons. The fraction of sp³-hybridized carbons (Fsp3) is 0. The van der Waals surface area contributed by atoms with E-state index >= 15 is 0 Å². The van der Waals surface area contributed by atoms with Crippen LogP contribution in [0.5, 0.6) is 0 Å². The second-order valence-corrected chi connectivity index (χ2v) is 4.81. The van der Waals surface area contributed by atoms with Crippen molar-refractivity contribution >= 4 is 34.5 Å². The molecule has 0 atom stereocenters. The summed E-state index contributed by atoms with van der Waals surface area (Å²) >= 11 is 7.23. The van der Waals surface area contributed by atoms with Gasteiger partial charge >= 0.3 is 0 Å². The van der Waals surface area contributed by atoms with Gasteiger partial charge in [-0.15, -0.1) is 11.3 Å². The molecule has 6 heteroatoms. The van der Waals surface area contributed by atoms with Gasteiger partial charge < -0.3 is 5.32 Å². The van der Waals surface area contributed by atoms with Gasteiger partial charge in [0, 0.05) is 0 Å². The van der Waals surface area contributed by atoms with Crippen LogP contribution in [0.4, 0.5) is 5.69 Å². The van der Waals surface area contributed by atoms with E-state index in [1.807, 2.05) is 6.07 Å². The van der Waals surface area contributed by atoms with Gasteiger partial charge in [0.05, 0.1) is 27.3 Å². The summed E-state index contributed by atoms with van der Waals surface area (Å²) in [6.45, 7) is 3.36. The maximum Gasteiger partial charge on any atom is 0.247 e. The molecule has 0 saturated carbocycles. The highest BCUT2D eigenvalue weighted by molar-refractivity contribution is 7.19. The van der Waals surface area contributed by atoms with Gasteiger partial charge in [0.1, 0.15) is 0 Å². The average Bonchev–Trinajstić information content (AvgIpc) is 2.77. The second-order valence-electron chi connectivity index (χ2n) is 3.09. The number of anilines is 1. The molecule has 0 aromatic carbocycles. The first-order chi connectivity index (χ1) is 8.19. The standard InChI is InChI=1S/C11H8ClN3OS/c1-2-10(16)15-7-5-13-11(14-6-7)8-3-4-9(12)17-8/h2-6H,1H2,(H,15,16). The predicted molar refractivity (Wildman–Crippen MR) is 69.2 cm³/mol. The summed E-state index contributed by atoms with van der Waals surface area (Å²) in [6.07, 6.45) is 4.27. The van der Waals surface area contributed by atoms with Crippen LogP contribution in [0.2, 0.25) is 4.34 Å². The maximum absolute atomic E-state index is 11.0. The van der Waals surface area contributed by atoms with Gasteiger partial charge in [0.2, 0.25) is 5.91 Å². The molecule has 0 aliphatic rings. The van der Waals surface area contributed by atoms with E-state index in [0.717, 1.165) is 4.88 Å². The Morgan fingerprint density at radius 1 is 1.41 bits per heavy atom. The summed E-state index contributed by atoms with van der Waals surface area (Å²) in [5.74, 6) is 0.291. The van der Waals surface area contributed by atoms with E-state index < -0.39 is 0 Å². The van der Waals surface area contributed by atoms with Crippen molar-refractivity contribution in [3.63, 3.8) is 0 Å². The van der Waals surface area contributed by atoms with Crippen molar-refractivity contribution in [3.8, 4) is 10.7 Å². The van der Waals surface area contributed by atoms with Crippen LogP contribution in [0.3, 0.4) is 0 Å². The third-order valence-corrected chi connectivity index (χ3v) is 3.13. The van der Waals surface area contributed by atoms with Crippen molar-refractivity contribution in [1.82, 2.24) is 9.97 Å². The molecule has 0 radical (unpaired) electrons. The monoisotopic (exact) mass is 265 g/mol. The number of rotatable bonds is 3. The molecular formula is C11H8ClN3OS. The van der Waals surface area contributed by atoms with Crippen molar-refractivity contribution in [1.29, 1.82) is 0 Å². The number of nitrogens with zero attached hydrogens (tertiary/aromatic N) is 2. The second kappa shape index (κ2) is 5.07. The van der Waals surface area contributed by atoms with Gasteiger partial charge in [-0.2, -0.15) is 0 Å². The van der Waals surface area contributed by atoms with E-state index in [1.165, 1.54) is 29.8 Å². The Labute approximate surface area is 107 Å². The van der Waals surface area contributed by atoms with E-state index in [-0.39, 0.29) is 5.91 Å². The van der Waals surface area contributed by atoms with Crippen molar-refractivity contribution in [3.05, 3.63) is 41.5 Å². The molecule has 2 heterocycles. The number of thiophene rings is 1. The summed E-state index contributed by atoms with van der Waals surface area (Å²) in [7, 11) is 0. The quantitative estimate of drug-likeness (QED) is 0.868. The number of carbonyl (C=O) groups is 1. The fourth-order valence-corrected chi connectivity index (χ4v) is 2.14. The van der Waals surface area contributed by atoms with E-state index in [9.17, 15) is 4.79 Å². The first-order valence-electron chi connectivity index (χ1n) is 4.70. The van der Waals surface area contributed by atoms with E-state index in [1.54, 1.807) is 6.07 Å². The van der Waals surface area contributed by atoms with Crippen molar-refractivity contribution in [2.24, 2.45) is 0 Å². The van der Waals surface area contributed by atoms with Crippen LogP contribution in [0.15, 0.2) is 37.2 Å². The normalized spacial score (nSPS) is 9.94. The van der Waals surface area contributed by atoms with E-state index in [2.05, 4.69) is 21.9 Å². The lowest BCUT2D eigenvalue weighted by atomic mass is 10.4. The molecule has 0 saturated heterocycles. The molecule has 2 aromatic rings. The topological polar surface area (TPSA) is 54.9 Å². The minimum Gasteiger partial charge on any atom is -0.320 e. The Morgan fingerprint density at radius 3 is 2.65 bits per heavy atom. The molecule has 17 heavy (non-hydrogen) atoms. The highest BCUT2D eigenvalue weighted by Gasteiger charge is 2.05. The molecule has 4 nitrogen and oxygen atoms in total. The summed E-state index contributed by atoms with van der Waals surface area (Å²) in [5.41, 5.74) is 0.529. The molecule has 0 bridgehead atoms. The van der Waals surface area contributed by atoms with Crippen LogP contribution in [-0.2, 0) is 4.79 Å². The van der Waals surface area contributed by atoms with Gasteiger partial charge in [-0.05, 0) is 18.2 Å². The molecule has 2 aromatic heterocycles. The zero-order valence-corrected chi connectivity index (χ0v) is 10.3. The van der Waals surface area contributed by atoms with Gasteiger partial charge in [0.15, 0.2) is 5.82 Å². The maximum atomic E-state index is 11.0. The zero-order chi connectivity index (χ0) is 12.3. The molecule has 1 amide bonds. The molecule has 0 unspecified atom stereocenters.